The molecule has 0 saturated carbocycles. The highest BCUT2D eigenvalue weighted by atomic mass is 35.5. The molecule has 38 heavy (non-hydrogen) atoms. The zero-order valence-corrected chi connectivity index (χ0v) is 22.6. The number of methoxy groups -OCH3 is 1. The van der Waals surface area contributed by atoms with Crippen molar-refractivity contribution >= 4 is 57.9 Å². The van der Waals surface area contributed by atoms with Gasteiger partial charge in [0.2, 0.25) is 5.95 Å². The predicted molar refractivity (Wildman–Crippen MR) is 150 cm³/mol. The number of nitrogens with zero attached hydrogens (tertiary/aromatic N) is 5. The number of hydrogen-bond acceptors (Lipinski definition) is 9. The number of piperazine rings is 1. The maximum atomic E-state index is 13.3. The van der Waals surface area contributed by atoms with Crippen LogP contribution in [0, 0.1) is 0 Å². The number of aliphatic hydroxyl groups excluding tert-OH is 1. The Morgan fingerprint density at radius 3 is 2.76 bits per heavy atom. The highest BCUT2D eigenvalue weighted by molar-refractivity contribution is 6.40. The van der Waals surface area contributed by atoms with E-state index in [4.69, 9.17) is 27.9 Å². The molecule has 3 aromatic rings. The summed E-state index contributed by atoms with van der Waals surface area (Å²) in [5, 5.41) is 17.5. The minimum atomic E-state index is -0.283. The molecule has 200 valence electrons. The standard InChI is InChI=1S/C26H29Cl2N7O3/c1-33-15-35(23-20(27)4-3-5-21(23)28)25(37)19-11-30-26(32-24(19)33)31-17-6-7-22(16(10-17)13-36)34-9-8-29-18(12-34)14-38-2/h3-7,10-11,18,29,36H,8-9,12-15H2,1-2H3,(H,30,31,32). The summed E-state index contributed by atoms with van der Waals surface area (Å²) in [7, 11) is 3.53. The second-order valence-electron chi connectivity index (χ2n) is 9.25. The fraction of sp³-hybridized carbons (Fsp3) is 0.346. The lowest BCUT2D eigenvalue weighted by atomic mass is 10.1. The van der Waals surface area contributed by atoms with Crippen molar-refractivity contribution in [2.45, 2.75) is 12.6 Å². The van der Waals surface area contributed by atoms with Gasteiger partial charge in [0.1, 0.15) is 11.4 Å². The minimum Gasteiger partial charge on any atom is -0.392 e. The average Bonchev–Trinajstić information content (AvgIpc) is 2.91. The molecule has 0 spiro atoms. The first kappa shape index (κ1) is 26.5. The number of rotatable bonds is 7. The number of amides is 1. The monoisotopic (exact) mass is 557 g/mol. The fourth-order valence-corrected chi connectivity index (χ4v) is 5.47. The van der Waals surface area contributed by atoms with E-state index in [1.165, 1.54) is 11.1 Å². The second-order valence-corrected chi connectivity index (χ2v) is 10.1. The van der Waals surface area contributed by atoms with Gasteiger partial charge in [0.25, 0.3) is 5.91 Å². The molecule has 3 heterocycles. The summed E-state index contributed by atoms with van der Waals surface area (Å²) in [5.41, 5.74) is 3.31. The van der Waals surface area contributed by atoms with Crippen molar-refractivity contribution in [1.82, 2.24) is 15.3 Å². The molecule has 1 aromatic heterocycles. The third-order valence-electron chi connectivity index (χ3n) is 6.64. The lowest BCUT2D eigenvalue weighted by molar-refractivity contribution is 0.0982. The van der Waals surface area contributed by atoms with E-state index < -0.39 is 0 Å². The van der Waals surface area contributed by atoms with E-state index in [0.717, 1.165) is 36.6 Å². The zero-order valence-electron chi connectivity index (χ0n) is 21.1. The van der Waals surface area contributed by atoms with Gasteiger partial charge in [0.15, 0.2) is 0 Å². The van der Waals surface area contributed by atoms with Gasteiger partial charge in [-0.1, -0.05) is 29.3 Å². The van der Waals surface area contributed by atoms with E-state index >= 15 is 0 Å². The molecule has 0 aliphatic carbocycles. The number of hydrogen-bond donors (Lipinski definition) is 3. The molecule has 1 unspecified atom stereocenters. The smallest absolute Gasteiger partial charge is 0.265 e. The minimum absolute atomic E-state index is 0.105. The summed E-state index contributed by atoms with van der Waals surface area (Å²) in [4.78, 5) is 27.9. The number of nitrogens with one attached hydrogen (secondary N) is 2. The Bertz CT molecular complexity index is 1320. The van der Waals surface area contributed by atoms with Crippen molar-refractivity contribution in [3.05, 3.63) is 63.8 Å². The van der Waals surface area contributed by atoms with E-state index in [9.17, 15) is 9.90 Å². The molecular formula is C26H29Cl2N7O3. The van der Waals surface area contributed by atoms with Gasteiger partial charge in [0.05, 0.1) is 35.6 Å². The van der Waals surface area contributed by atoms with Crippen molar-refractivity contribution in [3.8, 4) is 0 Å². The molecule has 1 fully saturated rings. The van der Waals surface area contributed by atoms with Crippen LogP contribution in [0.4, 0.5) is 28.8 Å². The molecular weight excluding hydrogens is 529 g/mol. The number of ether oxygens (including phenoxy) is 1. The first-order valence-corrected chi connectivity index (χ1v) is 13.0. The van der Waals surface area contributed by atoms with Gasteiger partial charge in [-0.3, -0.25) is 9.69 Å². The average molecular weight is 558 g/mol. The Labute approximate surface area is 231 Å². The quantitative estimate of drug-likeness (QED) is 0.402. The highest BCUT2D eigenvalue weighted by Gasteiger charge is 2.32. The number of aromatic nitrogens is 2. The molecule has 2 aromatic carbocycles. The number of anilines is 5. The van der Waals surface area contributed by atoms with E-state index in [0.29, 0.717) is 39.7 Å². The molecule has 12 heteroatoms. The Balaban J connectivity index is 1.36. The highest BCUT2D eigenvalue weighted by Crippen LogP contribution is 2.37. The fourth-order valence-electron chi connectivity index (χ4n) is 4.87. The molecule has 2 aliphatic heterocycles. The zero-order chi connectivity index (χ0) is 26.8. The molecule has 0 radical (unpaired) electrons. The first-order valence-electron chi connectivity index (χ1n) is 12.2. The molecule has 1 atom stereocenters. The van der Waals surface area contributed by atoms with E-state index in [1.54, 1.807) is 25.3 Å². The summed E-state index contributed by atoms with van der Waals surface area (Å²) >= 11 is 12.7. The number of fused-ring (bicyclic) bond motifs is 1. The number of aliphatic hydroxyl groups is 1. The van der Waals surface area contributed by atoms with Crippen molar-refractivity contribution in [1.29, 1.82) is 0 Å². The van der Waals surface area contributed by atoms with E-state index in [2.05, 4.69) is 25.5 Å². The van der Waals surface area contributed by atoms with Crippen molar-refractivity contribution in [2.24, 2.45) is 0 Å². The largest absolute Gasteiger partial charge is 0.392 e. The number of carbonyl (C=O) groups is 1. The van der Waals surface area contributed by atoms with Gasteiger partial charge < -0.3 is 30.3 Å². The normalized spacial score (nSPS) is 17.6. The topological polar surface area (TPSA) is 106 Å². The number of carbonyl (C=O) groups excluding carboxylic acids is 1. The third-order valence-corrected chi connectivity index (χ3v) is 7.25. The number of para-hydroxylation sites is 1. The third kappa shape index (κ3) is 5.23. The molecule has 0 bridgehead atoms. The van der Waals surface area contributed by atoms with Crippen LogP contribution in [0.3, 0.4) is 0 Å². The van der Waals surface area contributed by atoms with E-state index in [-0.39, 0.29) is 25.2 Å². The Kier molecular flexibility index (Phi) is 7.87. The number of benzene rings is 2. The van der Waals surface area contributed by atoms with E-state index in [1.807, 2.05) is 30.1 Å². The van der Waals surface area contributed by atoms with Crippen LogP contribution < -0.4 is 25.3 Å². The van der Waals surface area contributed by atoms with Crippen LogP contribution in [-0.4, -0.2) is 74.1 Å². The van der Waals surface area contributed by atoms with Gasteiger partial charge in [0, 0.05) is 63.0 Å². The van der Waals surface area contributed by atoms with Crippen LogP contribution in [-0.2, 0) is 11.3 Å². The van der Waals surface area contributed by atoms with Gasteiger partial charge in [-0.15, -0.1) is 0 Å². The summed E-state index contributed by atoms with van der Waals surface area (Å²) < 4.78 is 5.30. The van der Waals surface area contributed by atoms with Crippen LogP contribution in [0.5, 0.6) is 0 Å². The van der Waals surface area contributed by atoms with Crippen LogP contribution >= 0.6 is 23.2 Å². The lowest BCUT2D eigenvalue weighted by Crippen LogP contribution is -2.52. The molecule has 2 aliphatic rings. The SMILES string of the molecule is COCC1CN(c2ccc(Nc3ncc4c(n3)N(C)CN(c3c(Cl)cccc3Cl)C4=O)cc2CO)CCN1. The maximum absolute atomic E-state index is 13.3. The van der Waals surface area contributed by atoms with Crippen LogP contribution in [0.1, 0.15) is 15.9 Å². The van der Waals surface area contributed by atoms with Gasteiger partial charge in [-0.2, -0.15) is 4.98 Å². The summed E-state index contributed by atoms with van der Waals surface area (Å²) in [6, 6.07) is 11.2. The van der Waals surface area contributed by atoms with Crippen LogP contribution in [0.2, 0.25) is 10.0 Å². The van der Waals surface area contributed by atoms with Crippen molar-refractivity contribution in [2.75, 3.05) is 67.1 Å². The molecule has 1 amide bonds. The molecule has 10 nitrogen and oxygen atoms in total. The van der Waals surface area contributed by atoms with Crippen LogP contribution in [0.15, 0.2) is 42.6 Å². The van der Waals surface area contributed by atoms with Gasteiger partial charge >= 0.3 is 0 Å². The maximum Gasteiger partial charge on any atom is 0.265 e. The van der Waals surface area contributed by atoms with Crippen molar-refractivity contribution in [3.63, 3.8) is 0 Å². The first-order chi connectivity index (χ1) is 18.4. The summed E-state index contributed by atoms with van der Waals surface area (Å²) in [5.74, 6) is 0.553. The molecule has 1 saturated heterocycles. The Morgan fingerprint density at radius 2 is 2.03 bits per heavy atom. The summed E-state index contributed by atoms with van der Waals surface area (Å²) in [6.07, 6.45) is 1.50. The van der Waals surface area contributed by atoms with Gasteiger partial charge in [-0.05, 0) is 30.3 Å². The predicted octanol–water partition coefficient (Wildman–Crippen LogP) is 3.50. The second kappa shape index (κ2) is 11.3. The number of halogens is 2. The summed E-state index contributed by atoms with van der Waals surface area (Å²) in [6.45, 7) is 3.22. The molecule has 5 rings (SSSR count). The lowest BCUT2D eigenvalue weighted by Gasteiger charge is -2.36. The molecule has 3 N–H and O–H groups in total. The Hall–Kier alpha value is -3.15. The van der Waals surface area contributed by atoms with Crippen molar-refractivity contribution < 1.29 is 14.6 Å². The van der Waals surface area contributed by atoms with Gasteiger partial charge in [-0.25, -0.2) is 4.98 Å². The van der Waals surface area contributed by atoms with Crippen LogP contribution in [0.25, 0.3) is 0 Å². The Morgan fingerprint density at radius 1 is 1.24 bits per heavy atom.